The Bertz CT molecular complexity index is 359. The average molecular weight is 225 g/mol. The van der Waals surface area contributed by atoms with Crippen LogP contribution in [0.1, 0.15) is 31.1 Å². The Morgan fingerprint density at radius 1 is 1.50 bits per heavy atom. The number of aromatic nitrogens is 4. The fraction of sp³-hybridized carbons (Fsp3) is 0.778. The molecule has 0 aliphatic carbocycles. The summed E-state index contributed by atoms with van der Waals surface area (Å²) in [6, 6.07) is 0.306. The van der Waals surface area contributed by atoms with Gasteiger partial charge in [0.1, 0.15) is 0 Å². The molecule has 0 aromatic carbocycles. The highest BCUT2D eigenvalue weighted by Crippen LogP contribution is 2.18. The van der Waals surface area contributed by atoms with Gasteiger partial charge in [0.25, 0.3) is 0 Å². The summed E-state index contributed by atoms with van der Waals surface area (Å²) in [5.74, 6) is -0.144. The molecule has 2 N–H and O–H groups in total. The van der Waals surface area contributed by atoms with Gasteiger partial charge in [0.15, 0.2) is 5.82 Å². The zero-order chi connectivity index (χ0) is 11.4. The molecule has 0 bridgehead atoms. The molecule has 16 heavy (non-hydrogen) atoms. The van der Waals surface area contributed by atoms with E-state index in [1.54, 1.807) is 4.68 Å². The van der Waals surface area contributed by atoms with Crippen LogP contribution in [0.15, 0.2) is 0 Å². The maximum absolute atomic E-state index is 10.5. The minimum Gasteiger partial charge on any atom is -0.481 e. The van der Waals surface area contributed by atoms with Crippen LogP contribution in [0.2, 0.25) is 0 Å². The molecule has 7 nitrogen and oxygen atoms in total. The predicted molar refractivity (Wildman–Crippen MR) is 54.9 cm³/mol. The highest BCUT2D eigenvalue weighted by molar-refractivity contribution is 5.66. The van der Waals surface area contributed by atoms with Crippen molar-refractivity contribution >= 4 is 5.97 Å². The molecule has 1 aliphatic heterocycles. The zero-order valence-electron chi connectivity index (χ0n) is 8.96. The number of nitrogens with one attached hydrogen (secondary N) is 1. The van der Waals surface area contributed by atoms with Crippen molar-refractivity contribution in [3.8, 4) is 0 Å². The minimum atomic E-state index is -0.820. The summed E-state index contributed by atoms with van der Waals surface area (Å²) < 4.78 is 1.78. The Morgan fingerprint density at radius 2 is 2.25 bits per heavy atom. The lowest BCUT2D eigenvalue weighted by Gasteiger charge is -2.23. The molecule has 7 heteroatoms. The van der Waals surface area contributed by atoms with Crippen LogP contribution in [-0.2, 0) is 11.2 Å². The Morgan fingerprint density at radius 3 is 2.94 bits per heavy atom. The molecule has 1 aliphatic rings. The number of carboxylic acids is 1. The summed E-state index contributed by atoms with van der Waals surface area (Å²) in [5.41, 5.74) is 0. The van der Waals surface area contributed by atoms with E-state index in [4.69, 9.17) is 5.11 Å². The molecular formula is C9H15N5O2. The monoisotopic (exact) mass is 225 g/mol. The van der Waals surface area contributed by atoms with Gasteiger partial charge in [0, 0.05) is 6.42 Å². The predicted octanol–water partition coefficient (Wildman–Crippen LogP) is -0.385. The Hall–Kier alpha value is -1.50. The molecule has 2 heterocycles. The van der Waals surface area contributed by atoms with Crippen molar-refractivity contribution in [2.24, 2.45) is 0 Å². The molecule has 1 fully saturated rings. The van der Waals surface area contributed by atoms with Crippen LogP contribution < -0.4 is 5.32 Å². The third-order valence-electron chi connectivity index (χ3n) is 2.78. The Labute approximate surface area is 92.8 Å². The lowest BCUT2D eigenvalue weighted by Crippen LogP contribution is -2.30. The molecule has 0 spiro atoms. The second-order valence-electron chi connectivity index (χ2n) is 3.91. The fourth-order valence-corrected chi connectivity index (χ4v) is 1.93. The number of aliphatic carboxylic acids is 1. The lowest BCUT2D eigenvalue weighted by atomic mass is 10.1. The lowest BCUT2D eigenvalue weighted by molar-refractivity contribution is -0.137. The normalized spacial score (nSPS) is 17.5. The van der Waals surface area contributed by atoms with Crippen LogP contribution in [0, 0.1) is 0 Å². The molecule has 0 amide bonds. The smallest absolute Gasteiger partial charge is 0.303 e. The van der Waals surface area contributed by atoms with Gasteiger partial charge in [-0.1, -0.05) is 0 Å². The van der Waals surface area contributed by atoms with E-state index in [1.807, 2.05) is 0 Å². The highest BCUT2D eigenvalue weighted by Gasteiger charge is 2.19. The first-order chi connectivity index (χ1) is 7.77. The number of hydrogen-bond donors (Lipinski definition) is 2. The number of carboxylic acid groups (broad SMARTS) is 1. The molecule has 88 valence electrons. The average Bonchev–Trinajstić information content (AvgIpc) is 2.75. The van der Waals surface area contributed by atoms with Gasteiger partial charge in [-0.15, -0.1) is 5.10 Å². The van der Waals surface area contributed by atoms with Crippen LogP contribution in [0.3, 0.4) is 0 Å². The van der Waals surface area contributed by atoms with Crippen LogP contribution in [-0.4, -0.2) is 44.4 Å². The zero-order valence-corrected chi connectivity index (χ0v) is 8.96. The van der Waals surface area contributed by atoms with Gasteiger partial charge in [-0.25, -0.2) is 4.68 Å². The summed E-state index contributed by atoms with van der Waals surface area (Å²) in [7, 11) is 0. The van der Waals surface area contributed by atoms with Crippen molar-refractivity contribution in [3.63, 3.8) is 0 Å². The molecule has 0 atom stereocenters. The molecular weight excluding hydrogens is 210 g/mol. The van der Waals surface area contributed by atoms with Gasteiger partial charge in [-0.2, -0.15) is 0 Å². The number of carbonyl (C=O) groups is 1. The van der Waals surface area contributed by atoms with E-state index in [2.05, 4.69) is 20.8 Å². The van der Waals surface area contributed by atoms with Gasteiger partial charge >= 0.3 is 5.97 Å². The standard InChI is InChI=1S/C9H15N5O2/c15-9(16)2-1-8-11-12-13-14(8)7-3-5-10-6-4-7/h7,10H,1-6H2,(H,15,16). The molecule has 0 radical (unpaired) electrons. The Balaban J connectivity index is 2.02. The second-order valence-corrected chi connectivity index (χ2v) is 3.91. The van der Waals surface area contributed by atoms with Crippen molar-refractivity contribution in [1.82, 2.24) is 25.5 Å². The summed E-state index contributed by atoms with van der Waals surface area (Å²) >= 11 is 0. The second kappa shape index (κ2) is 5.02. The summed E-state index contributed by atoms with van der Waals surface area (Å²) in [6.45, 7) is 1.92. The number of piperidine rings is 1. The van der Waals surface area contributed by atoms with E-state index in [-0.39, 0.29) is 6.42 Å². The first kappa shape index (κ1) is 11.0. The van der Waals surface area contributed by atoms with E-state index in [1.165, 1.54) is 0 Å². The first-order valence-electron chi connectivity index (χ1n) is 5.46. The molecule has 1 saturated heterocycles. The molecule has 0 unspecified atom stereocenters. The van der Waals surface area contributed by atoms with Crippen LogP contribution in [0.4, 0.5) is 0 Å². The topological polar surface area (TPSA) is 92.9 Å². The van der Waals surface area contributed by atoms with Gasteiger partial charge in [-0.05, 0) is 36.4 Å². The van der Waals surface area contributed by atoms with Gasteiger partial charge in [0.05, 0.1) is 12.5 Å². The van der Waals surface area contributed by atoms with Gasteiger partial charge < -0.3 is 10.4 Å². The number of aryl methyl sites for hydroxylation is 1. The minimum absolute atomic E-state index is 0.0747. The summed E-state index contributed by atoms with van der Waals surface area (Å²) in [6.07, 6.45) is 2.45. The van der Waals surface area contributed by atoms with Crippen molar-refractivity contribution in [2.75, 3.05) is 13.1 Å². The number of rotatable bonds is 4. The third kappa shape index (κ3) is 2.54. The number of nitrogens with zero attached hydrogens (tertiary/aromatic N) is 4. The molecule has 1 aromatic heterocycles. The van der Waals surface area contributed by atoms with E-state index in [0.29, 0.717) is 18.3 Å². The number of tetrazole rings is 1. The number of hydrogen-bond acceptors (Lipinski definition) is 5. The van der Waals surface area contributed by atoms with Crippen molar-refractivity contribution in [2.45, 2.75) is 31.7 Å². The van der Waals surface area contributed by atoms with E-state index >= 15 is 0 Å². The third-order valence-corrected chi connectivity index (χ3v) is 2.78. The molecule has 1 aromatic rings. The van der Waals surface area contributed by atoms with E-state index in [0.717, 1.165) is 25.9 Å². The van der Waals surface area contributed by atoms with E-state index in [9.17, 15) is 4.79 Å². The van der Waals surface area contributed by atoms with Crippen LogP contribution in [0.5, 0.6) is 0 Å². The quantitative estimate of drug-likeness (QED) is 0.725. The largest absolute Gasteiger partial charge is 0.481 e. The fourth-order valence-electron chi connectivity index (χ4n) is 1.93. The van der Waals surface area contributed by atoms with Gasteiger partial charge in [0.2, 0.25) is 0 Å². The van der Waals surface area contributed by atoms with Crippen molar-refractivity contribution < 1.29 is 9.90 Å². The Kier molecular flexibility index (Phi) is 3.45. The van der Waals surface area contributed by atoms with Crippen LogP contribution >= 0.6 is 0 Å². The van der Waals surface area contributed by atoms with E-state index < -0.39 is 5.97 Å². The summed E-state index contributed by atoms with van der Waals surface area (Å²) in [5, 5.41) is 23.4. The summed E-state index contributed by atoms with van der Waals surface area (Å²) in [4.78, 5) is 10.5. The van der Waals surface area contributed by atoms with Crippen molar-refractivity contribution in [1.29, 1.82) is 0 Å². The SMILES string of the molecule is O=C(O)CCc1nnnn1C1CCNCC1. The maximum Gasteiger partial charge on any atom is 0.303 e. The van der Waals surface area contributed by atoms with Crippen LogP contribution in [0.25, 0.3) is 0 Å². The van der Waals surface area contributed by atoms with Crippen molar-refractivity contribution in [3.05, 3.63) is 5.82 Å². The molecule has 0 saturated carbocycles. The maximum atomic E-state index is 10.5. The highest BCUT2D eigenvalue weighted by atomic mass is 16.4. The van der Waals surface area contributed by atoms with Gasteiger partial charge in [-0.3, -0.25) is 4.79 Å². The molecule has 2 rings (SSSR count). The first-order valence-corrected chi connectivity index (χ1v) is 5.46.